The zero-order valence-corrected chi connectivity index (χ0v) is 32.3. The molecule has 0 saturated carbocycles. The zero-order chi connectivity index (χ0) is 37.5. The molecule has 12 nitrogen and oxygen atoms in total. The maximum absolute atomic E-state index is 11.7. The monoisotopic (exact) mass is 749 g/mol. The Morgan fingerprint density at radius 1 is 0.472 bits per heavy atom. The second-order valence-corrected chi connectivity index (χ2v) is 12.3. The molecule has 2 aromatic carbocycles. The van der Waals surface area contributed by atoms with Crippen molar-refractivity contribution < 1.29 is 52.2 Å². The number of ether oxygens (including phenoxy) is 10. The molecule has 1 amide bonds. The minimum absolute atomic E-state index is 0.240. The van der Waals surface area contributed by atoms with Gasteiger partial charge in [-0.2, -0.15) is 0 Å². The highest BCUT2D eigenvalue weighted by atomic mass is 16.6. The topological polar surface area (TPSA) is 121 Å². The number of carbonyl (C=O) groups excluding carboxylic acids is 1. The third-order valence-corrected chi connectivity index (χ3v) is 7.82. The number of nitrogens with one attached hydrogen (secondary N) is 1. The van der Waals surface area contributed by atoms with Crippen molar-refractivity contribution >= 4 is 6.09 Å². The fraction of sp³-hybridized carbons (Fsp3) is 0.683. The molecule has 0 heterocycles. The molecular weight excluding hydrogens is 682 g/mol. The Hall–Kier alpha value is -2.81. The number of hydrogen-bond acceptors (Lipinski definition) is 11. The van der Waals surface area contributed by atoms with Gasteiger partial charge in [-0.1, -0.05) is 87.9 Å². The summed E-state index contributed by atoms with van der Waals surface area (Å²) in [6, 6.07) is 18.0. The quantitative estimate of drug-likeness (QED) is 0.0767. The van der Waals surface area contributed by atoms with Gasteiger partial charge in [0.15, 0.2) is 0 Å². The SMILES string of the molecule is CCCCCCCCCc1ccc(OCCOCCOCCOCCOCCOCCOCCOCCOCCNC(=O)OCc2ccccc2)cc1. The molecule has 0 saturated heterocycles. The number of benzene rings is 2. The lowest BCUT2D eigenvalue weighted by Crippen LogP contribution is -2.28. The number of amides is 1. The molecule has 0 aliphatic carbocycles. The number of carbonyl (C=O) groups is 1. The van der Waals surface area contributed by atoms with E-state index >= 15 is 0 Å². The van der Waals surface area contributed by atoms with E-state index in [1.165, 1.54) is 50.5 Å². The summed E-state index contributed by atoms with van der Waals surface area (Å²) in [6.45, 7) is 11.2. The molecule has 0 atom stereocenters. The van der Waals surface area contributed by atoms with Gasteiger partial charge in [-0.15, -0.1) is 0 Å². The van der Waals surface area contributed by atoms with Crippen molar-refractivity contribution in [2.24, 2.45) is 0 Å². The minimum Gasteiger partial charge on any atom is -0.491 e. The van der Waals surface area contributed by atoms with E-state index in [2.05, 4.69) is 36.5 Å². The molecule has 2 aromatic rings. The standard InChI is InChI=1S/C41H67NO11/c1-2-3-4-5-6-7-9-12-38-15-17-40(18-16-38)52-36-35-51-34-33-50-32-31-49-30-29-48-28-27-47-26-25-46-24-23-45-22-21-44-20-19-42-41(43)53-37-39-13-10-8-11-14-39/h8,10-11,13-18H,2-7,9,12,19-37H2,1H3,(H,42,43). The largest absolute Gasteiger partial charge is 0.491 e. The zero-order valence-electron chi connectivity index (χ0n) is 32.3. The molecule has 0 aromatic heterocycles. The van der Waals surface area contributed by atoms with Crippen LogP contribution in [0.15, 0.2) is 54.6 Å². The van der Waals surface area contributed by atoms with Crippen LogP contribution in [0.25, 0.3) is 0 Å². The summed E-state index contributed by atoms with van der Waals surface area (Å²) in [4.78, 5) is 11.7. The average molecular weight is 750 g/mol. The van der Waals surface area contributed by atoms with E-state index in [9.17, 15) is 4.79 Å². The number of aryl methyl sites for hydroxylation is 1. The molecule has 0 radical (unpaired) electrons. The van der Waals surface area contributed by atoms with Crippen LogP contribution in [0.3, 0.4) is 0 Å². The molecule has 0 aliphatic rings. The smallest absolute Gasteiger partial charge is 0.407 e. The first-order chi connectivity index (χ1) is 26.3. The highest BCUT2D eigenvalue weighted by Crippen LogP contribution is 2.15. The number of unbranched alkanes of at least 4 members (excludes halogenated alkanes) is 6. The van der Waals surface area contributed by atoms with Gasteiger partial charge >= 0.3 is 6.09 Å². The van der Waals surface area contributed by atoms with Crippen LogP contribution in [0.1, 0.15) is 63.0 Å². The van der Waals surface area contributed by atoms with Crippen LogP contribution < -0.4 is 10.1 Å². The maximum Gasteiger partial charge on any atom is 0.407 e. The van der Waals surface area contributed by atoms with Gasteiger partial charge in [0.1, 0.15) is 19.0 Å². The highest BCUT2D eigenvalue weighted by Gasteiger charge is 2.02. The van der Waals surface area contributed by atoms with Crippen LogP contribution in [0, 0.1) is 0 Å². The van der Waals surface area contributed by atoms with E-state index < -0.39 is 6.09 Å². The molecule has 0 spiro atoms. The van der Waals surface area contributed by atoms with Gasteiger partial charge in [0.2, 0.25) is 0 Å². The van der Waals surface area contributed by atoms with Crippen LogP contribution >= 0.6 is 0 Å². The Balaban J connectivity index is 1.19. The summed E-state index contributed by atoms with van der Waals surface area (Å²) in [6.07, 6.45) is 10.0. The summed E-state index contributed by atoms with van der Waals surface area (Å²) in [5, 5.41) is 2.65. The molecule has 0 aliphatic heterocycles. The van der Waals surface area contributed by atoms with Gasteiger partial charge < -0.3 is 52.7 Å². The van der Waals surface area contributed by atoms with Crippen molar-refractivity contribution in [3.8, 4) is 5.75 Å². The molecule has 302 valence electrons. The Kier molecular flexibility index (Phi) is 31.6. The van der Waals surface area contributed by atoms with Crippen LogP contribution in [0.5, 0.6) is 5.75 Å². The van der Waals surface area contributed by atoms with Gasteiger partial charge in [-0.25, -0.2) is 4.79 Å². The highest BCUT2D eigenvalue weighted by molar-refractivity contribution is 5.67. The maximum atomic E-state index is 11.7. The Morgan fingerprint density at radius 2 is 0.906 bits per heavy atom. The third-order valence-electron chi connectivity index (χ3n) is 7.82. The van der Waals surface area contributed by atoms with Crippen LogP contribution in [0.2, 0.25) is 0 Å². The lowest BCUT2D eigenvalue weighted by molar-refractivity contribution is -0.0235. The van der Waals surface area contributed by atoms with Crippen LogP contribution in [-0.2, 0) is 55.7 Å². The summed E-state index contributed by atoms with van der Waals surface area (Å²) in [5.41, 5.74) is 2.32. The molecule has 0 fully saturated rings. The van der Waals surface area contributed by atoms with E-state index in [1.807, 2.05) is 30.3 Å². The van der Waals surface area contributed by atoms with E-state index in [0.717, 1.165) is 17.7 Å². The van der Waals surface area contributed by atoms with Crippen LogP contribution in [0.4, 0.5) is 4.79 Å². The lowest BCUT2D eigenvalue weighted by atomic mass is 10.0. The summed E-state index contributed by atoms with van der Waals surface area (Å²) >= 11 is 0. The predicted molar refractivity (Wildman–Crippen MR) is 205 cm³/mol. The van der Waals surface area contributed by atoms with Gasteiger partial charge in [-0.3, -0.25) is 0 Å². The summed E-state index contributed by atoms with van der Waals surface area (Å²) in [5.74, 6) is 0.883. The first kappa shape index (κ1) is 46.3. The summed E-state index contributed by atoms with van der Waals surface area (Å²) < 4.78 is 55.0. The van der Waals surface area contributed by atoms with E-state index in [4.69, 9.17) is 47.4 Å². The van der Waals surface area contributed by atoms with Crippen molar-refractivity contribution in [1.82, 2.24) is 5.32 Å². The fourth-order valence-electron chi connectivity index (χ4n) is 4.90. The second kappa shape index (κ2) is 36.2. The van der Waals surface area contributed by atoms with E-state index in [1.54, 1.807) is 0 Å². The first-order valence-corrected chi connectivity index (χ1v) is 19.6. The van der Waals surface area contributed by atoms with Gasteiger partial charge in [0, 0.05) is 6.54 Å². The van der Waals surface area contributed by atoms with E-state index in [-0.39, 0.29) is 6.61 Å². The Bertz CT molecular complexity index is 1060. The van der Waals surface area contributed by atoms with Gasteiger partial charge in [0.25, 0.3) is 0 Å². The minimum atomic E-state index is -0.466. The Morgan fingerprint density at radius 3 is 1.40 bits per heavy atom. The van der Waals surface area contributed by atoms with Crippen molar-refractivity contribution in [3.05, 3.63) is 65.7 Å². The number of alkyl carbamates (subject to hydrolysis) is 1. The summed E-state index contributed by atoms with van der Waals surface area (Å²) in [7, 11) is 0. The number of hydrogen-bond donors (Lipinski definition) is 1. The van der Waals surface area contributed by atoms with E-state index in [0.29, 0.717) is 119 Å². The van der Waals surface area contributed by atoms with Gasteiger partial charge in [-0.05, 0) is 36.1 Å². The first-order valence-electron chi connectivity index (χ1n) is 19.6. The molecule has 0 bridgehead atoms. The predicted octanol–water partition coefficient (Wildman–Crippen LogP) is 6.42. The lowest BCUT2D eigenvalue weighted by Gasteiger charge is -2.09. The van der Waals surface area contributed by atoms with Crippen molar-refractivity contribution in [2.75, 3.05) is 119 Å². The average Bonchev–Trinajstić information content (AvgIpc) is 3.18. The van der Waals surface area contributed by atoms with Gasteiger partial charge in [0.05, 0.1) is 106 Å². The van der Waals surface area contributed by atoms with Crippen molar-refractivity contribution in [3.63, 3.8) is 0 Å². The van der Waals surface area contributed by atoms with Crippen molar-refractivity contribution in [2.45, 2.75) is 64.9 Å². The molecule has 1 N–H and O–H groups in total. The molecular formula is C41H67NO11. The molecule has 0 unspecified atom stereocenters. The van der Waals surface area contributed by atoms with Crippen molar-refractivity contribution in [1.29, 1.82) is 0 Å². The molecule has 53 heavy (non-hydrogen) atoms. The fourth-order valence-corrected chi connectivity index (χ4v) is 4.90. The normalized spacial score (nSPS) is 11.2. The second-order valence-electron chi connectivity index (χ2n) is 12.3. The number of rotatable bonds is 38. The molecule has 12 heteroatoms. The Labute approximate surface area is 318 Å². The van der Waals surface area contributed by atoms with Crippen LogP contribution in [-0.4, -0.2) is 125 Å². The third kappa shape index (κ3) is 30.2. The molecule has 2 rings (SSSR count).